The second-order valence-corrected chi connectivity index (χ2v) is 9.77. The van der Waals surface area contributed by atoms with Crippen molar-refractivity contribution in [1.29, 1.82) is 0 Å². The van der Waals surface area contributed by atoms with Crippen molar-refractivity contribution in [2.24, 2.45) is 0 Å². The van der Waals surface area contributed by atoms with E-state index in [9.17, 15) is 8.42 Å². The number of halogens is 1. The number of thiophene rings is 1. The Morgan fingerprint density at radius 3 is 2.84 bits per heavy atom. The van der Waals surface area contributed by atoms with Crippen molar-refractivity contribution < 1.29 is 13.5 Å². The van der Waals surface area contributed by atoms with E-state index in [0.717, 1.165) is 19.3 Å². The normalized spacial score (nSPS) is 23.9. The Balaban J connectivity index is 2.12. The number of hydrogen-bond donors (Lipinski definition) is 2. The number of aliphatic hydroxyl groups excluding tert-OH is 1. The van der Waals surface area contributed by atoms with Crippen molar-refractivity contribution in [3.8, 4) is 0 Å². The number of rotatable bonds is 5. The van der Waals surface area contributed by atoms with Crippen LogP contribution in [0.5, 0.6) is 0 Å². The highest BCUT2D eigenvalue weighted by Gasteiger charge is 2.29. The highest BCUT2D eigenvalue weighted by molar-refractivity contribution is 9.11. The van der Waals surface area contributed by atoms with Crippen molar-refractivity contribution in [1.82, 2.24) is 4.72 Å². The summed E-state index contributed by atoms with van der Waals surface area (Å²) in [6, 6.07) is 1.55. The summed E-state index contributed by atoms with van der Waals surface area (Å²) in [5, 5.41) is 9.61. The molecule has 4 nitrogen and oxygen atoms in total. The molecular weight excluding hydrogens is 370 g/mol. The minimum Gasteiger partial charge on any atom is -0.391 e. The van der Waals surface area contributed by atoms with Crippen molar-refractivity contribution in [2.75, 3.05) is 6.26 Å². The van der Waals surface area contributed by atoms with E-state index >= 15 is 0 Å². The SMILES string of the molecule is CSC1CCC(NS(=O)(=O)c2cc(CO)sc2Br)C1. The zero-order chi connectivity index (χ0) is 14.0. The molecule has 2 atom stereocenters. The Morgan fingerprint density at radius 1 is 1.58 bits per heavy atom. The molecular formula is C11H16BrNO3S3. The Bertz CT molecular complexity index is 543. The molecule has 0 spiro atoms. The topological polar surface area (TPSA) is 66.4 Å². The Morgan fingerprint density at radius 2 is 2.32 bits per heavy atom. The fraction of sp³-hybridized carbons (Fsp3) is 0.636. The van der Waals surface area contributed by atoms with Crippen molar-refractivity contribution in [2.45, 2.75) is 42.1 Å². The van der Waals surface area contributed by atoms with Gasteiger partial charge in [-0.05, 0) is 47.5 Å². The van der Waals surface area contributed by atoms with Gasteiger partial charge in [0.2, 0.25) is 10.0 Å². The molecule has 1 fully saturated rings. The van der Waals surface area contributed by atoms with E-state index in [1.54, 1.807) is 11.8 Å². The third kappa shape index (κ3) is 3.74. The van der Waals surface area contributed by atoms with E-state index in [4.69, 9.17) is 5.11 Å². The second kappa shape index (κ2) is 6.44. The molecule has 1 aromatic rings. The maximum atomic E-state index is 12.3. The van der Waals surface area contributed by atoms with Gasteiger partial charge in [0.25, 0.3) is 0 Å². The Hall–Kier alpha value is 0.400. The van der Waals surface area contributed by atoms with Gasteiger partial charge in [-0.25, -0.2) is 13.1 Å². The molecule has 0 amide bonds. The quantitative estimate of drug-likeness (QED) is 0.816. The smallest absolute Gasteiger partial charge is 0.242 e. The molecule has 1 aliphatic rings. The molecule has 1 aliphatic carbocycles. The first-order valence-corrected chi connectivity index (χ1v) is 10.3. The standard InChI is InChI=1S/C11H16BrNO3S3/c1-17-8-3-2-7(4-8)13-19(15,16)10-5-9(6-14)18-11(10)12/h5,7-8,13-14H,2-4,6H2,1H3. The summed E-state index contributed by atoms with van der Waals surface area (Å²) < 4.78 is 27.9. The van der Waals surface area contributed by atoms with Gasteiger partial charge < -0.3 is 5.11 Å². The zero-order valence-corrected chi connectivity index (χ0v) is 14.5. The van der Waals surface area contributed by atoms with E-state index in [2.05, 4.69) is 26.9 Å². The zero-order valence-electron chi connectivity index (χ0n) is 10.4. The van der Waals surface area contributed by atoms with Gasteiger partial charge in [0, 0.05) is 16.2 Å². The summed E-state index contributed by atoms with van der Waals surface area (Å²) in [4.78, 5) is 0.870. The Kier molecular flexibility index (Phi) is 5.35. The van der Waals surface area contributed by atoms with Gasteiger partial charge in [-0.2, -0.15) is 11.8 Å². The van der Waals surface area contributed by atoms with Crippen LogP contribution >= 0.6 is 39.0 Å². The summed E-state index contributed by atoms with van der Waals surface area (Å²) in [5.74, 6) is 0. The maximum absolute atomic E-state index is 12.3. The predicted molar refractivity (Wildman–Crippen MR) is 83.2 cm³/mol. The largest absolute Gasteiger partial charge is 0.391 e. The molecule has 1 heterocycles. The maximum Gasteiger partial charge on any atom is 0.242 e. The molecule has 2 N–H and O–H groups in total. The lowest BCUT2D eigenvalue weighted by molar-refractivity contribution is 0.285. The fourth-order valence-electron chi connectivity index (χ4n) is 2.20. The lowest BCUT2D eigenvalue weighted by atomic mass is 10.3. The number of nitrogens with one attached hydrogen (secondary N) is 1. The monoisotopic (exact) mass is 385 g/mol. The van der Waals surface area contributed by atoms with E-state index in [0.29, 0.717) is 13.9 Å². The van der Waals surface area contributed by atoms with E-state index in [1.807, 2.05) is 0 Å². The van der Waals surface area contributed by atoms with Crippen LogP contribution in [0, 0.1) is 0 Å². The molecule has 2 rings (SSSR count). The van der Waals surface area contributed by atoms with Gasteiger partial charge in [0.15, 0.2) is 0 Å². The summed E-state index contributed by atoms with van der Waals surface area (Å²) in [7, 11) is -3.50. The molecule has 0 saturated heterocycles. The first kappa shape index (κ1) is 15.8. The summed E-state index contributed by atoms with van der Waals surface area (Å²) in [5.41, 5.74) is 0. The minimum absolute atomic E-state index is 0.0202. The molecule has 8 heteroatoms. The second-order valence-electron chi connectivity index (χ2n) is 4.50. The summed E-state index contributed by atoms with van der Waals surface area (Å²) in [6.07, 6.45) is 4.89. The lowest BCUT2D eigenvalue weighted by Crippen LogP contribution is -2.33. The van der Waals surface area contributed by atoms with E-state index < -0.39 is 10.0 Å². The fourth-order valence-corrected chi connectivity index (χ4v) is 6.83. The van der Waals surface area contributed by atoms with Crippen LogP contribution in [0.2, 0.25) is 0 Å². The molecule has 0 bridgehead atoms. The molecule has 0 aromatic carbocycles. The number of aliphatic hydroxyl groups is 1. The summed E-state index contributed by atoms with van der Waals surface area (Å²) >= 11 is 6.29. The molecule has 19 heavy (non-hydrogen) atoms. The predicted octanol–water partition coefficient (Wildman–Crippen LogP) is 2.57. The van der Waals surface area contributed by atoms with Crippen molar-refractivity contribution in [3.63, 3.8) is 0 Å². The van der Waals surface area contributed by atoms with Gasteiger partial charge >= 0.3 is 0 Å². The van der Waals surface area contributed by atoms with Crippen molar-refractivity contribution in [3.05, 3.63) is 14.7 Å². The van der Waals surface area contributed by atoms with Crippen LogP contribution in [0.25, 0.3) is 0 Å². The molecule has 0 radical (unpaired) electrons. The van der Waals surface area contributed by atoms with Crippen LogP contribution in [-0.4, -0.2) is 31.1 Å². The van der Waals surface area contributed by atoms with Gasteiger partial charge in [-0.15, -0.1) is 11.3 Å². The first-order chi connectivity index (χ1) is 8.96. The molecule has 0 aliphatic heterocycles. The van der Waals surface area contributed by atoms with Crippen LogP contribution in [0.15, 0.2) is 14.7 Å². The van der Waals surface area contributed by atoms with Crippen LogP contribution in [0.4, 0.5) is 0 Å². The van der Waals surface area contributed by atoms with Crippen LogP contribution < -0.4 is 4.72 Å². The Labute approximate surface area is 130 Å². The van der Waals surface area contributed by atoms with Gasteiger partial charge in [-0.3, -0.25) is 0 Å². The van der Waals surface area contributed by atoms with Gasteiger partial charge in [0.05, 0.1) is 10.4 Å². The average Bonchev–Trinajstić information content (AvgIpc) is 2.95. The van der Waals surface area contributed by atoms with Crippen LogP contribution in [0.1, 0.15) is 24.1 Å². The van der Waals surface area contributed by atoms with Gasteiger partial charge in [-0.1, -0.05) is 0 Å². The van der Waals surface area contributed by atoms with Crippen molar-refractivity contribution >= 4 is 49.1 Å². The van der Waals surface area contributed by atoms with Gasteiger partial charge in [0.1, 0.15) is 4.90 Å². The van der Waals surface area contributed by atoms with E-state index in [1.165, 1.54) is 17.4 Å². The number of sulfonamides is 1. The number of thioether (sulfide) groups is 1. The molecule has 1 saturated carbocycles. The van der Waals surface area contributed by atoms with Crippen LogP contribution in [0.3, 0.4) is 0 Å². The van der Waals surface area contributed by atoms with Crippen LogP contribution in [-0.2, 0) is 16.6 Å². The highest BCUT2D eigenvalue weighted by Crippen LogP contribution is 2.33. The highest BCUT2D eigenvalue weighted by atomic mass is 79.9. The van der Waals surface area contributed by atoms with E-state index in [-0.39, 0.29) is 17.5 Å². The minimum atomic E-state index is -3.50. The molecule has 2 unspecified atom stereocenters. The molecule has 108 valence electrons. The third-order valence-electron chi connectivity index (χ3n) is 3.19. The average molecular weight is 386 g/mol. The summed E-state index contributed by atoms with van der Waals surface area (Å²) in [6.45, 7) is -0.142. The lowest BCUT2D eigenvalue weighted by Gasteiger charge is -2.12. The molecule has 1 aromatic heterocycles. The third-order valence-corrected chi connectivity index (χ3v) is 8.04. The first-order valence-electron chi connectivity index (χ1n) is 5.90. The number of hydrogen-bond acceptors (Lipinski definition) is 5.